The smallest absolute Gasteiger partial charge is 0.273 e. The topological polar surface area (TPSA) is 121 Å². The van der Waals surface area contributed by atoms with E-state index in [1.165, 1.54) is 12.1 Å². The maximum atomic E-state index is 11.4. The Kier molecular flexibility index (Phi) is 4.48. The molecule has 21 heavy (non-hydrogen) atoms. The number of hydrogen-bond donors (Lipinski definition) is 2. The number of nitro benzene ring substituents is 1. The highest BCUT2D eigenvalue weighted by Gasteiger charge is 2.39. The predicted octanol–water partition coefficient (Wildman–Crippen LogP) is 1.86. The normalized spacial score (nSPS) is 25.3. The molecule has 2 unspecified atom stereocenters. The third kappa shape index (κ3) is 3.51. The van der Waals surface area contributed by atoms with Crippen molar-refractivity contribution >= 4 is 27.5 Å². The minimum atomic E-state index is -1.07. The molecule has 1 amide bonds. The molecule has 0 spiro atoms. The highest BCUT2D eigenvalue weighted by molar-refractivity contribution is 9.10. The van der Waals surface area contributed by atoms with Gasteiger partial charge in [0.2, 0.25) is 5.91 Å². The predicted molar refractivity (Wildman–Crippen MR) is 79.8 cm³/mol. The first-order valence-electron chi connectivity index (χ1n) is 6.51. The van der Waals surface area contributed by atoms with Gasteiger partial charge >= 0.3 is 0 Å². The van der Waals surface area contributed by atoms with Gasteiger partial charge in [-0.3, -0.25) is 14.9 Å². The lowest BCUT2D eigenvalue weighted by molar-refractivity contribution is -0.385. The molecule has 0 aliphatic heterocycles. The number of primary amides is 1. The number of amides is 1. The average molecular weight is 358 g/mol. The lowest BCUT2D eigenvalue weighted by Crippen LogP contribution is -2.56. The Balaban J connectivity index is 2.16. The van der Waals surface area contributed by atoms with Crippen LogP contribution in [0.3, 0.4) is 0 Å². The van der Waals surface area contributed by atoms with Crippen LogP contribution in [0.25, 0.3) is 0 Å². The van der Waals surface area contributed by atoms with E-state index in [0.717, 1.165) is 12.8 Å². The number of carbonyl (C=O) groups excluding carboxylic acids is 1. The lowest BCUT2D eigenvalue weighted by atomic mass is 9.80. The largest absolute Gasteiger partial charge is 0.489 e. The molecule has 114 valence electrons. The van der Waals surface area contributed by atoms with Crippen LogP contribution < -0.4 is 16.2 Å². The molecule has 0 bridgehead atoms. The standard InChI is InChI=1S/C13H16BrN3O4/c14-10-4-3-8(17(19)20)6-11(10)21-9-2-1-5-13(16,7-9)12(15)18/h3-4,6,9H,1-2,5,7,16H2,(H2,15,18). The molecule has 1 fully saturated rings. The van der Waals surface area contributed by atoms with Crippen molar-refractivity contribution in [3.05, 3.63) is 32.8 Å². The Bertz CT molecular complexity index is 581. The molecule has 0 saturated heterocycles. The third-order valence-electron chi connectivity index (χ3n) is 3.65. The monoisotopic (exact) mass is 357 g/mol. The van der Waals surface area contributed by atoms with Crippen LogP contribution in [0.15, 0.2) is 22.7 Å². The fourth-order valence-electron chi connectivity index (χ4n) is 2.46. The number of ether oxygens (including phenoxy) is 1. The zero-order valence-corrected chi connectivity index (χ0v) is 12.8. The fraction of sp³-hybridized carbons (Fsp3) is 0.462. The Morgan fingerprint density at radius 2 is 2.24 bits per heavy atom. The lowest BCUT2D eigenvalue weighted by Gasteiger charge is -2.35. The second kappa shape index (κ2) is 5.98. The van der Waals surface area contributed by atoms with Gasteiger partial charge in [-0.1, -0.05) is 0 Å². The van der Waals surface area contributed by atoms with Gasteiger partial charge in [-0.25, -0.2) is 0 Å². The Labute approximate surface area is 129 Å². The van der Waals surface area contributed by atoms with Gasteiger partial charge in [-0.05, 0) is 41.3 Å². The minimum absolute atomic E-state index is 0.0575. The van der Waals surface area contributed by atoms with Crippen LogP contribution in [0.4, 0.5) is 5.69 Å². The molecule has 1 aromatic rings. The highest BCUT2D eigenvalue weighted by atomic mass is 79.9. The first kappa shape index (κ1) is 15.7. The molecule has 7 nitrogen and oxygen atoms in total. The summed E-state index contributed by atoms with van der Waals surface area (Å²) in [6.45, 7) is 0. The quantitative estimate of drug-likeness (QED) is 0.628. The van der Waals surface area contributed by atoms with Crippen molar-refractivity contribution in [3.8, 4) is 5.75 Å². The fourth-order valence-corrected chi connectivity index (χ4v) is 2.80. The highest BCUT2D eigenvalue weighted by Crippen LogP contribution is 2.34. The summed E-state index contributed by atoms with van der Waals surface area (Å²) in [5.74, 6) is -0.183. The SMILES string of the molecule is NC(=O)C1(N)CCCC(Oc2cc([N+](=O)[O-])ccc2Br)C1. The second-order valence-corrected chi connectivity index (χ2v) is 6.08. The maximum Gasteiger partial charge on any atom is 0.273 e. The summed E-state index contributed by atoms with van der Waals surface area (Å²) in [7, 11) is 0. The summed E-state index contributed by atoms with van der Waals surface area (Å²) in [5.41, 5.74) is 10.2. The van der Waals surface area contributed by atoms with E-state index in [4.69, 9.17) is 16.2 Å². The second-order valence-electron chi connectivity index (χ2n) is 5.23. The molecule has 0 aromatic heterocycles. The van der Waals surface area contributed by atoms with E-state index in [0.29, 0.717) is 23.1 Å². The van der Waals surface area contributed by atoms with Crippen LogP contribution >= 0.6 is 15.9 Å². The molecule has 1 aliphatic carbocycles. The Morgan fingerprint density at radius 3 is 2.86 bits per heavy atom. The van der Waals surface area contributed by atoms with Gasteiger partial charge in [-0.15, -0.1) is 0 Å². The number of nitro groups is 1. The van der Waals surface area contributed by atoms with Gasteiger partial charge in [0.05, 0.1) is 21.0 Å². The Morgan fingerprint density at radius 1 is 1.52 bits per heavy atom. The van der Waals surface area contributed by atoms with Crippen molar-refractivity contribution in [1.29, 1.82) is 0 Å². The van der Waals surface area contributed by atoms with E-state index < -0.39 is 16.4 Å². The van der Waals surface area contributed by atoms with Crippen LogP contribution in [0.5, 0.6) is 5.75 Å². The molecule has 1 aromatic carbocycles. The van der Waals surface area contributed by atoms with Gasteiger partial charge < -0.3 is 16.2 Å². The third-order valence-corrected chi connectivity index (χ3v) is 4.31. The molecule has 2 rings (SSSR count). The molecule has 0 heterocycles. The van der Waals surface area contributed by atoms with Gasteiger partial charge in [0.25, 0.3) is 5.69 Å². The molecule has 1 aliphatic rings. The van der Waals surface area contributed by atoms with Crippen LogP contribution in [0.2, 0.25) is 0 Å². The van der Waals surface area contributed by atoms with E-state index in [2.05, 4.69) is 15.9 Å². The summed E-state index contributed by atoms with van der Waals surface area (Å²) in [4.78, 5) is 21.7. The van der Waals surface area contributed by atoms with Crippen LogP contribution in [0.1, 0.15) is 25.7 Å². The van der Waals surface area contributed by atoms with E-state index in [9.17, 15) is 14.9 Å². The van der Waals surface area contributed by atoms with E-state index in [1.54, 1.807) is 6.07 Å². The number of benzene rings is 1. The van der Waals surface area contributed by atoms with E-state index in [-0.39, 0.29) is 11.8 Å². The molecule has 8 heteroatoms. The van der Waals surface area contributed by atoms with Gasteiger partial charge in [0.1, 0.15) is 11.9 Å². The van der Waals surface area contributed by atoms with Crippen molar-refractivity contribution < 1.29 is 14.5 Å². The minimum Gasteiger partial charge on any atom is -0.489 e. The van der Waals surface area contributed by atoms with Gasteiger partial charge in [0.15, 0.2) is 0 Å². The number of carbonyl (C=O) groups is 1. The number of nitrogens with two attached hydrogens (primary N) is 2. The number of hydrogen-bond acceptors (Lipinski definition) is 5. The Hall–Kier alpha value is -1.67. The summed E-state index contributed by atoms with van der Waals surface area (Å²) < 4.78 is 6.39. The maximum absolute atomic E-state index is 11.4. The van der Waals surface area contributed by atoms with Crippen LogP contribution in [0, 0.1) is 10.1 Å². The van der Waals surface area contributed by atoms with Crippen molar-refractivity contribution in [2.24, 2.45) is 11.5 Å². The van der Waals surface area contributed by atoms with Gasteiger partial charge in [-0.2, -0.15) is 0 Å². The molecule has 0 radical (unpaired) electrons. The average Bonchev–Trinajstić information content (AvgIpc) is 2.41. The molecular formula is C13H16BrN3O4. The van der Waals surface area contributed by atoms with Crippen LogP contribution in [-0.4, -0.2) is 22.5 Å². The first-order valence-corrected chi connectivity index (χ1v) is 7.30. The van der Waals surface area contributed by atoms with Crippen molar-refractivity contribution in [2.45, 2.75) is 37.3 Å². The molecule has 2 atom stereocenters. The van der Waals surface area contributed by atoms with Crippen molar-refractivity contribution in [1.82, 2.24) is 0 Å². The summed E-state index contributed by atoms with van der Waals surface area (Å²) in [6, 6.07) is 4.29. The number of nitrogens with zero attached hydrogens (tertiary/aromatic N) is 1. The van der Waals surface area contributed by atoms with Crippen LogP contribution in [-0.2, 0) is 4.79 Å². The summed E-state index contributed by atoms with van der Waals surface area (Å²) in [5, 5.41) is 10.8. The molecular weight excluding hydrogens is 342 g/mol. The van der Waals surface area contributed by atoms with E-state index >= 15 is 0 Å². The molecule has 4 N–H and O–H groups in total. The van der Waals surface area contributed by atoms with Gasteiger partial charge in [0, 0.05) is 12.5 Å². The zero-order valence-electron chi connectivity index (χ0n) is 11.3. The number of rotatable bonds is 4. The number of halogens is 1. The summed E-state index contributed by atoms with van der Waals surface area (Å²) in [6.07, 6.45) is 1.97. The van der Waals surface area contributed by atoms with E-state index in [1.807, 2.05) is 0 Å². The number of non-ortho nitro benzene ring substituents is 1. The first-order chi connectivity index (χ1) is 9.82. The zero-order chi connectivity index (χ0) is 15.6. The van der Waals surface area contributed by atoms with Crippen molar-refractivity contribution in [3.63, 3.8) is 0 Å². The summed E-state index contributed by atoms with van der Waals surface area (Å²) >= 11 is 3.29. The van der Waals surface area contributed by atoms with Crippen molar-refractivity contribution in [2.75, 3.05) is 0 Å². The molecule has 1 saturated carbocycles.